The highest BCUT2D eigenvalue weighted by Gasteiger charge is 2.29. The maximum atomic E-state index is 8.88. The summed E-state index contributed by atoms with van der Waals surface area (Å²) in [6.45, 7) is 1.20. The van der Waals surface area contributed by atoms with Gasteiger partial charge in [0.25, 0.3) is 0 Å². The number of hydrogen-bond acceptors (Lipinski definition) is 6. The number of nitrogens with one attached hydrogen (secondary N) is 2. The molecule has 0 spiro atoms. The first-order valence-electron chi connectivity index (χ1n) is 10.1. The van der Waals surface area contributed by atoms with Gasteiger partial charge in [-0.1, -0.05) is 30.3 Å². The van der Waals surface area contributed by atoms with Crippen LogP contribution in [-0.2, 0) is 0 Å². The van der Waals surface area contributed by atoms with Crippen LogP contribution in [0.15, 0.2) is 71.9 Å². The lowest BCUT2D eigenvalue weighted by molar-refractivity contribution is 0.402. The van der Waals surface area contributed by atoms with E-state index >= 15 is 0 Å². The van der Waals surface area contributed by atoms with Crippen molar-refractivity contribution in [2.24, 2.45) is 4.99 Å². The molecule has 2 aromatic carbocycles. The largest absolute Gasteiger partial charge is 0.496 e. The van der Waals surface area contributed by atoms with Crippen molar-refractivity contribution in [3.05, 3.63) is 83.6 Å². The number of fused-ring (bicyclic) bond motifs is 1. The zero-order valence-electron chi connectivity index (χ0n) is 17.5. The van der Waals surface area contributed by atoms with Gasteiger partial charge < -0.3 is 20.3 Å². The first kappa shape index (κ1) is 20.2. The zero-order chi connectivity index (χ0) is 21.6. The summed E-state index contributed by atoms with van der Waals surface area (Å²) in [7, 11) is 3.76. The van der Waals surface area contributed by atoms with E-state index in [4.69, 9.17) is 15.0 Å². The number of nitriles is 1. The minimum atomic E-state index is -0.0991. The van der Waals surface area contributed by atoms with Crippen molar-refractivity contribution in [3.63, 3.8) is 0 Å². The molecule has 0 saturated heterocycles. The number of hydrogen-bond donors (Lipinski definition) is 2. The van der Waals surface area contributed by atoms with Gasteiger partial charge in [0.1, 0.15) is 29.6 Å². The Balaban J connectivity index is 1.54. The third-order valence-electron chi connectivity index (χ3n) is 5.21. The maximum absolute atomic E-state index is 8.88. The van der Waals surface area contributed by atoms with Crippen LogP contribution in [0.2, 0.25) is 0 Å². The van der Waals surface area contributed by atoms with E-state index in [1.54, 1.807) is 25.4 Å². The maximum Gasteiger partial charge on any atom is 0.132 e. The lowest BCUT2D eigenvalue weighted by Gasteiger charge is -2.38. The molecule has 4 rings (SSSR count). The summed E-state index contributed by atoms with van der Waals surface area (Å²) in [6.07, 6.45) is 1.46. The van der Waals surface area contributed by atoms with Gasteiger partial charge in [-0.25, -0.2) is 4.98 Å². The van der Waals surface area contributed by atoms with Gasteiger partial charge >= 0.3 is 0 Å². The number of methoxy groups -OCH3 is 1. The van der Waals surface area contributed by atoms with Gasteiger partial charge in [0, 0.05) is 36.6 Å². The molecule has 1 aliphatic rings. The van der Waals surface area contributed by atoms with Crippen LogP contribution < -0.4 is 20.3 Å². The highest BCUT2D eigenvalue weighted by atomic mass is 16.5. The van der Waals surface area contributed by atoms with E-state index in [9.17, 15) is 0 Å². The summed E-state index contributed by atoms with van der Waals surface area (Å²) in [5.41, 5.74) is 3.76. The summed E-state index contributed by atoms with van der Waals surface area (Å²) >= 11 is 0. The molecular weight excluding hydrogens is 388 g/mol. The van der Waals surface area contributed by atoms with Crippen LogP contribution in [0.1, 0.15) is 22.9 Å². The van der Waals surface area contributed by atoms with Crippen molar-refractivity contribution in [1.82, 2.24) is 10.3 Å². The fraction of sp³-hybridized carbons (Fsp3) is 0.208. The van der Waals surface area contributed by atoms with Gasteiger partial charge in [0.2, 0.25) is 0 Å². The average Bonchev–Trinajstić information content (AvgIpc) is 2.83. The second-order valence-electron chi connectivity index (χ2n) is 7.12. The Bertz CT molecular complexity index is 1120. The molecule has 1 unspecified atom stereocenters. The molecule has 0 radical (unpaired) electrons. The Morgan fingerprint density at radius 1 is 1.16 bits per heavy atom. The van der Waals surface area contributed by atoms with Crippen LogP contribution in [0.5, 0.6) is 5.75 Å². The van der Waals surface area contributed by atoms with Crippen molar-refractivity contribution in [2.75, 3.05) is 37.5 Å². The zero-order valence-corrected chi connectivity index (χ0v) is 17.5. The summed E-state index contributed by atoms with van der Waals surface area (Å²) in [6, 6.07) is 21.9. The van der Waals surface area contributed by atoms with Crippen molar-refractivity contribution in [3.8, 4) is 11.8 Å². The van der Waals surface area contributed by atoms with Gasteiger partial charge in [0.05, 0.1) is 19.2 Å². The molecule has 0 amide bonds. The summed E-state index contributed by atoms with van der Waals surface area (Å²) in [5, 5.41) is 15.7. The average molecular weight is 412 g/mol. The highest BCUT2D eigenvalue weighted by molar-refractivity contribution is 6.05. The number of rotatable bonds is 6. The Hall–Kier alpha value is -4.05. The predicted octanol–water partition coefficient (Wildman–Crippen LogP) is 3.56. The number of amidine groups is 1. The molecule has 1 atom stereocenters. The molecule has 3 aromatic rings. The van der Waals surface area contributed by atoms with Gasteiger partial charge in [-0.3, -0.25) is 4.99 Å². The lowest BCUT2D eigenvalue weighted by atomic mass is 10.0. The Morgan fingerprint density at radius 3 is 2.74 bits per heavy atom. The van der Waals surface area contributed by atoms with Gasteiger partial charge in [-0.2, -0.15) is 5.26 Å². The molecule has 1 aliphatic heterocycles. The second-order valence-corrected chi connectivity index (χ2v) is 7.12. The van der Waals surface area contributed by atoms with E-state index in [-0.39, 0.29) is 6.17 Å². The van der Waals surface area contributed by atoms with Crippen molar-refractivity contribution >= 4 is 17.3 Å². The van der Waals surface area contributed by atoms with Crippen molar-refractivity contribution in [2.45, 2.75) is 6.17 Å². The highest BCUT2D eigenvalue weighted by Crippen LogP contribution is 2.35. The molecule has 156 valence electrons. The fourth-order valence-electron chi connectivity index (χ4n) is 3.65. The molecule has 2 heterocycles. The van der Waals surface area contributed by atoms with Gasteiger partial charge in [0.15, 0.2) is 0 Å². The predicted molar refractivity (Wildman–Crippen MR) is 123 cm³/mol. The van der Waals surface area contributed by atoms with Gasteiger partial charge in [-0.05, 0) is 30.3 Å². The number of ether oxygens (including phenoxy) is 1. The molecule has 0 saturated carbocycles. The Kier molecular flexibility index (Phi) is 5.99. The van der Waals surface area contributed by atoms with E-state index in [0.29, 0.717) is 18.7 Å². The quantitative estimate of drug-likeness (QED) is 0.602. The third-order valence-corrected chi connectivity index (χ3v) is 5.21. The molecule has 31 heavy (non-hydrogen) atoms. The Labute approximate surface area is 182 Å². The molecule has 0 aliphatic carbocycles. The number of aromatic nitrogens is 1. The van der Waals surface area contributed by atoms with E-state index < -0.39 is 0 Å². The monoisotopic (exact) mass is 412 g/mol. The molecule has 2 N–H and O–H groups in total. The Morgan fingerprint density at radius 2 is 1.97 bits per heavy atom. The molecule has 0 bridgehead atoms. The molecular formula is C24H24N6O. The number of anilines is 2. The molecule has 0 fully saturated rings. The SMILES string of the molecule is COc1ccccc1C1NC(=NCCNc2ccc(C#N)cn2)c2ccccc2N1C. The number of nitrogens with zero attached hydrogens (tertiary/aromatic N) is 4. The van der Waals surface area contributed by atoms with Crippen LogP contribution in [0.4, 0.5) is 11.5 Å². The number of para-hydroxylation sites is 2. The summed E-state index contributed by atoms with van der Waals surface area (Å²) < 4.78 is 5.59. The molecule has 7 nitrogen and oxygen atoms in total. The number of aliphatic imine (C=N–C) groups is 1. The smallest absolute Gasteiger partial charge is 0.132 e. The van der Waals surface area contributed by atoms with E-state index in [2.05, 4.69) is 51.8 Å². The van der Waals surface area contributed by atoms with E-state index in [1.807, 2.05) is 30.3 Å². The van der Waals surface area contributed by atoms with Crippen molar-refractivity contribution < 1.29 is 4.74 Å². The summed E-state index contributed by atoms with van der Waals surface area (Å²) in [5.74, 6) is 2.40. The van der Waals surface area contributed by atoms with E-state index in [1.165, 1.54) is 0 Å². The standard InChI is InChI=1S/C24H24N6O/c1-30-20-9-5-3-7-18(20)23(29-24(30)19-8-4-6-10-21(19)31-2)27-14-13-26-22-12-11-17(15-25)16-28-22/h3-12,16,24H,13-14H2,1-2H3,(H,26,28)(H,27,29). The normalized spacial score (nSPS) is 16.2. The molecule has 1 aromatic heterocycles. The van der Waals surface area contributed by atoms with Crippen LogP contribution in [0.25, 0.3) is 0 Å². The fourth-order valence-corrected chi connectivity index (χ4v) is 3.65. The van der Waals surface area contributed by atoms with Crippen LogP contribution >= 0.6 is 0 Å². The number of pyridine rings is 1. The second kappa shape index (κ2) is 9.18. The first-order chi connectivity index (χ1) is 15.2. The van der Waals surface area contributed by atoms with Crippen molar-refractivity contribution in [1.29, 1.82) is 5.26 Å². The summed E-state index contributed by atoms with van der Waals surface area (Å²) in [4.78, 5) is 11.3. The first-order valence-corrected chi connectivity index (χ1v) is 10.1. The van der Waals surface area contributed by atoms with Gasteiger partial charge in [-0.15, -0.1) is 0 Å². The minimum absolute atomic E-state index is 0.0991. The minimum Gasteiger partial charge on any atom is -0.496 e. The lowest BCUT2D eigenvalue weighted by Crippen LogP contribution is -2.45. The van der Waals surface area contributed by atoms with Crippen LogP contribution in [0.3, 0.4) is 0 Å². The third kappa shape index (κ3) is 4.28. The number of benzene rings is 2. The molecule has 7 heteroatoms. The van der Waals surface area contributed by atoms with Crippen LogP contribution in [-0.4, -0.2) is 38.1 Å². The van der Waals surface area contributed by atoms with E-state index in [0.717, 1.165) is 34.2 Å². The van der Waals surface area contributed by atoms with Crippen LogP contribution in [0, 0.1) is 11.3 Å². The topological polar surface area (TPSA) is 85.6 Å².